The van der Waals surface area contributed by atoms with Gasteiger partial charge < -0.3 is 14.8 Å². The second kappa shape index (κ2) is 7.88. The van der Waals surface area contributed by atoms with Crippen molar-refractivity contribution in [3.63, 3.8) is 0 Å². The van der Waals surface area contributed by atoms with Gasteiger partial charge in [0.05, 0.1) is 24.3 Å². The third kappa shape index (κ3) is 3.67. The number of halogens is 1. The average Bonchev–Trinajstić information content (AvgIpc) is 3.11. The highest BCUT2D eigenvalue weighted by Gasteiger charge is 2.24. The molecular formula is C19H18ClNO4S2. The Morgan fingerprint density at radius 1 is 1.22 bits per heavy atom. The third-order valence-corrected chi connectivity index (χ3v) is 6.93. The number of methoxy groups -OCH3 is 1. The Bertz CT molecular complexity index is 1040. The van der Waals surface area contributed by atoms with Gasteiger partial charge in [-0.3, -0.25) is 4.79 Å². The van der Waals surface area contributed by atoms with Crippen molar-refractivity contribution < 1.29 is 19.1 Å². The first-order valence-corrected chi connectivity index (χ1v) is 10.2. The Balaban J connectivity index is 1.97. The molecule has 2 heterocycles. The molecule has 0 fully saturated rings. The number of benzene rings is 1. The van der Waals surface area contributed by atoms with Crippen molar-refractivity contribution in [2.24, 2.45) is 0 Å². The van der Waals surface area contributed by atoms with Crippen molar-refractivity contribution in [1.29, 1.82) is 0 Å². The minimum atomic E-state index is -0.443. The van der Waals surface area contributed by atoms with E-state index in [4.69, 9.17) is 21.1 Å². The van der Waals surface area contributed by atoms with Crippen LogP contribution in [-0.2, 0) is 4.74 Å². The van der Waals surface area contributed by atoms with Gasteiger partial charge in [0.2, 0.25) is 0 Å². The number of esters is 1. The molecule has 142 valence electrons. The molecule has 27 heavy (non-hydrogen) atoms. The number of hydrogen-bond donors (Lipinski definition) is 1. The summed E-state index contributed by atoms with van der Waals surface area (Å²) < 4.78 is 11.2. The van der Waals surface area contributed by atoms with Gasteiger partial charge in [-0.05, 0) is 44.5 Å². The van der Waals surface area contributed by atoms with E-state index in [-0.39, 0.29) is 12.5 Å². The number of carbonyl (C=O) groups is 2. The van der Waals surface area contributed by atoms with E-state index in [9.17, 15) is 9.59 Å². The molecule has 1 aromatic carbocycles. The van der Waals surface area contributed by atoms with Crippen LogP contribution in [0, 0.1) is 13.8 Å². The largest absolute Gasteiger partial charge is 0.497 e. The van der Waals surface area contributed by atoms with Crippen LogP contribution in [0.1, 0.15) is 37.4 Å². The molecule has 0 spiro atoms. The van der Waals surface area contributed by atoms with Crippen LogP contribution in [0.4, 0.5) is 5.00 Å². The Kier molecular flexibility index (Phi) is 5.74. The van der Waals surface area contributed by atoms with Crippen LogP contribution in [0.25, 0.3) is 10.1 Å². The topological polar surface area (TPSA) is 64.6 Å². The number of hydrogen-bond acceptors (Lipinski definition) is 6. The lowest BCUT2D eigenvalue weighted by atomic mass is 10.1. The molecular weight excluding hydrogens is 406 g/mol. The van der Waals surface area contributed by atoms with E-state index < -0.39 is 5.97 Å². The van der Waals surface area contributed by atoms with Gasteiger partial charge >= 0.3 is 5.97 Å². The standard InChI is InChI=1S/C19H18ClNO4S2/c1-5-25-19(23)14-9(2)10(3)26-18(14)21-17(22)16-15(20)12-8-11(24-4)6-7-13(12)27-16/h6-8H,5H2,1-4H3,(H,21,22). The molecule has 0 aliphatic carbocycles. The molecule has 5 nitrogen and oxygen atoms in total. The number of nitrogens with one attached hydrogen (secondary N) is 1. The van der Waals surface area contributed by atoms with Crippen molar-refractivity contribution in [3.05, 3.63) is 44.1 Å². The summed E-state index contributed by atoms with van der Waals surface area (Å²) in [6, 6.07) is 5.49. The van der Waals surface area contributed by atoms with E-state index in [1.807, 2.05) is 26.0 Å². The van der Waals surface area contributed by atoms with Gasteiger partial charge in [0.1, 0.15) is 15.6 Å². The molecule has 0 unspecified atom stereocenters. The molecule has 0 radical (unpaired) electrons. The molecule has 0 saturated heterocycles. The first kappa shape index (κ1) is 19.7. The van der Waals surface area contributed by atoms with Crippen molar-refractivity contribution >= 4 is 61.2 Å². The van der Waals surface area contributed by atoms with Gasteiger partial charge in [-0.2, -0.15) is 0 Å². The van der Waals surface area contributed by atoms with E-state index in [1.54, 1.807) is 20.1 Å². The molecule has 0 bridgehead atoms. The van der Waals surface area contributed by atoms with Gasteiger partial charge in [-0.15, -0.1) is 22.7 Å². The van der Waals surface area contributed by atoms with E-state index in [0.29, 0.717) is 26.2 Å². The third-order valence-electron chi connectivity index (χ3n) is 4.13. The summed E-state index contributed by atoms with van der Waals surface area (Å²) >= 11 is 9.08. The lowest BCUT2D eigenvalue weighted by Crippen LogP contribution is -2.14. The highest BCUT2D eigenvalue weighted by Crippen LogP contribution is 2.39. The van der Waals surface area contributed by atoms with Gasteiger partial charge in [-0.1, -0.05) is 11.6 Å². The minimum Gasteiger partial charge on any atom is -0.497 e. The summed E-state index contributed by atoms with van der Waals surface area (Å²) in [5.41, 5.74) is 1.20. The highest BCUT2D eigenvalue weighted by molar-refractivity contribution is 7.22. The van der Waals surface area contributed by atoms with E-state index in [0.717, 1.165) is 20.5 Å². The van der Waals surface area contributed by atoms with Crippen LogP contribution in [0.2, 0.25) is 5.02 Å². The maximum Gasteiger partial charge on any atom is 0.341 e. The molecule has 2 aromatic heterocycles. The zero-order valence-corrected chi connectivity index (χ0v) is 17.7. The number of thiophene rings is 2. The quantitative estimate of drug-likeness (QED) is 0.537. The van der Waals surface area contributed by atoms with Gasteiger partial charge in [0.25, 0.3) is 5.91 Å². The smallest absolute Gasteiger partial charge is 0.341 e. The molecule has 3 rings (SSSR count). The van der Waals surface area contributed by atoms with E-state index in [1.165, 1.54) is 22.7 Å². The summed E-state index contributed by atoms with van der Waals surface area (Å²) in [4.78, 5) is 26.5. The van der Waals surface area contributed by atoms with Crippen LogP contribution in [0.15, 0.2) is 18.2 Å². The lowest BCUT2D eigenvalue weighted by Gasteiger charge is -2.06. The Labute approximate surface area is 169 Å². The summed E-state index contributed by atoms with van der Waals surface area (Å²) in [7, 11) is 1.58. The molecule has 1 N–H and O–H groups in total. The number of ether oxygens (including phenoxy) is 2. The minimum absolute atomic E-state index is 0.268. The van der Waals surface area contributed by atoms with Crippen LogP contribution in [0.5, 0.6) is 5.75 Å². The SMILES string of the molecule is CCOC(=O)c1c(NC(=O)c2sc3ccc(OC)cc3c2Cl)sc(C)c1C. The summed E-state index contributed by atoms with van der Waals surface area (Å²) in [6.07, 6.45) is 0. The summed E-state index contributed by atoms with van der Waals surface area (Å²) in [5.74, 6) is -0.128. The van der Waals surface area contributed by atoms with Gasteiger partial charge in [0, 0.05) is 15.0 Å². The number of anilines is 1. The van der Waals surface area contributed by atoms with Crippen molar-refractivity contribution in [2.45, 2.75) is 20.8 Å². The molecule has 0 saturated carbocycles. The first-order valence-electron chi connectivity index (χ1n) is 8.21. The van der Waals surface area contributed by atoms with Gasteiger partial charge in [-0.25, -0.2) is 4.79 Å². The molecule has 0 atom stereocenters. The lowest BCUT2D eigenvalue weighted by molar-refractivity contribution is 0.0527. The zero-order chi connectivity index (χ0) is 19.7. The maximum absolute atomic E-state index is 12.9. The van der Waals surface area contributed by atoms with Crippen LogP contribution < -0.4 is 10.1 Å². The predicted octanol–water partition coefficient (Wildman–Crippen LogP) is 5.67. The Hall–Kier alpha value is -2.09. The number of amides is 1. The number of fused-ring (bicyclic) bond motifs is 1. The Morgan fingerprint density at radius 2 is 1.96 bits per heavy atom. The number of aryl methyl sites for hydroxylation is 1. The predicted molar refractivity (Wildman–Crippen MR) is 111 cm³/mol. The number of carbonyl (C=O) groups excluding carboxylic acids is 2. The maximum atomic E-state index is 12.9. The van der Waals surface area contributed by atoms with E-state index >= 15 is 0 Å². The van der Waals surface area contributed by atoms with Crippen molar-refractivity contribution in [1.82, 2.24) is 0 Å². The summed E-state index contributed by atoms with van der Waals surface area (Å²) in [5, 5.41) is 4.43. The normalized spacial score (nSPS) is 10.9. The molecule has 0 aliphatic heterocycles. The van der Waals surface area contributed by atoms with E-state index in [2.05, 4.69) is 5.32 Å². The fourth-order valence-electron chi connectivity index (χ4n) is 2.64. The monoisotopic (exact) mass is 423 g/mol. The van der Waals surface area contributed by atoms with Crippen molar-refractivity contribution in [3.8, 4) is 5.75 Å². The van der Waals surface area contributed by atoms with Gasteiger partial charge in [0.15, 0.2) is 0 Å². The molecule has 8 heteroatoms. The molecule has 0 aliphatic rings. The van der Waals surface area contributed by atoms with Crippen LogP contribution in [-0.4, -0.2) is 25.6 Å². The first-order chi connectivity index (χ1) is 12.9. The zero-order valence-electron chi connectivity index (χ0n) is 15.3. The molecule has 3 aromatic rings. The fraction of sp³-hybridized carbons (Fsp3) is 0.263. The number of rotatable bonds is 5. The second-order valence-corrected chi connectivity index (χ2v) is 8.42. The Morgan fingerprint density at radius 3 is 2.63 bits per heavy atom. The van der Waals surface area contributed by atoms with Crippen LogP contribution in [0.3, 0.4) is 0 Å². The average molecular weight is 424 g/mol. The second-order valence-electron chi connectivity index (χ2n) is 5.77. The van der Waals surface area contributed by atoms with Crippen molar-refractivity contribution in [2.75, 3.05) is 19.0 Å². The fourth-order valence-corrected chi connectivity index (χ4v) is 5.07. The van der Waals surface area contributed by atoms with Crippen LogP contribution >= 0.6 is 34.3 Å². The highest BCUT2D eigenvalue weighted by atomic mass is 35.5. The summed E-state index contributed by atoms with van der Waals surface area (Å²) in [6.45, 7) is 5.75. The molecule has 1 amide bonds.